The molecule has 0 aliphatic carbocycles. The molecule has 1 saturated heterocycles. The molecule has 1 aliphatic rings. The van der Waals surface area contributed by atoms with Gasteiger partial charge in [0.2, 0.25) is 8.38 Å². The third-order valence-corrected chi connectivity index (χ3v) is 3.86. The van der Waals surface area contributed by atoms with Crippen molar-refractivity contribution in [3.8, 4) is 0 Å². The molecule has 112 valence electrons. The van der Waals surface area contributed by atoms with Crippen LogP contribution < -0.4 is 0 Å². The van der Waals surface area contributed by atoms with Gasteiger partial charge in [-0.1, -0.05) is 0 Å². The van der Waals surface area contributed by atoms with Gasteiger partial charge in [-0.05, 0) is 12.8 Å². The van der Waals surface area contributed by atoms with Crippen molar-refractivity contribution in [2.75, 3.05) is 33.0 Å². The molecule has 2 unspecified atom stereocenters. The van der Waals surface area contributed by atoms with Crippen LogP contribution in [0.1, 0.15) is 12.8 Å². The molecule has 1 fully saturated rings. The summed E-state index contributed by atoms with van der Waals surface area (Å²) < 4.78 is 15.5. The highest BCUT2D eigenvalue weighted by molar-refractivity contribution is 7.46. The number of carboxylic acids is 1. The third kappa shape index (κ3) is 5.27. The van der Waals surface area contributed by atoms with Crippen LogP contribution in [0.4, 0.5) is 0 Å². The second kappa shape index (κ2) is 8.06. The van der Waals surface area contributed by atoms with E-state index in [9.17, 15) is 19.7 Å². The molecule has 0 saturated carbocycles. The van der Waals surface area contributed by atoms with Crippen LogP contribution in [0, 0.1) is 0 Å². The van der Waals surface area contributed by atoms with Crippen LogP contribution >= 0.6 is 8.38 Å². The summed E-state index contributed by atoms with van der Waals surface area (Å²) in [4.78, 5) is 29.1. The predicted octanol–water partition coefficient (Wildman–Crippen LogP) is -0.732. The number of rotatable bonds is 9. The van der Waals surface area contributed by atoms with Crippen LogP contribution in [-0.4, -0.2) is 70.4 Å². The molecule has 0 aromatic rings. The zero-order valence-corrected chi connectivity index (χ0v) is 11.3. The predicted molar refractivity (Wildman–Crippen MR) is 64.6 cm³/mol. The fourth-order valence-corrected chi connectivity index (χ4v) is 2.16. The van der Waals surface area contributed by atoms with E-state index in [1.807, 2.05) is 0 Å². The maximum atomic E-state index is 10.3. The van der Waals surface area contributed by atoms with Gasteiger partial charge in [0.25, 0.3) is 0 Å². The van der Waals surface area contributed by atoms with E-state index in [0.717, 1.165) is 12.8 Å². The number of carbonyl (C=O) groups is 1. The van der Waals surface area contributed by atoms with E-state index in [-0.39, 0.29) is 12.7 Å². The van der Waals surface area contributed by atoms with Gasteiger partial charge in [-0.3, -0.25) is 0 Å². The van der Waals surface area contributed by atoms with Crippen molar-refractivity contribution in [2.24, 2.45) is 0 Å². The lowest BCUT2D eigenvalue weighted by atomic mass is 10.2. The van der Waals surface area contributed by atoms with Gasteiger partial charge in [0.05, 0.1) is 25.9 Å². The molecular formula is C10H19O8P. The summed E-state index contributed by atoms with van der Waals surface area (Å²) >= 11 is 0. The molecule has 2 atom stereocenters. The third-order valence-electron chi connectivity index (χ3n) is 2.73. The second-order valence-corrected chi connectivity index (χ2v) is 5.62. The molecule has 0 radical (unpaired) electrons. The van der Waals surface area contributed by atoms with E-state index in [1.165, 1.54) is 0 Å². The Hall–Kier alpha value is -0.340. The molecule has 0 bridgehead atoms. The number of hydrogen-bond acceptors (Lipinski definition) is 7. The highest BCUT2D eigenvalue weighted by Crippen LogP contribution is 2.43. The fraction of sp³-hybridized carbons (Fsp3) is 0.900. The molecule has 19 heavy (non-hydrogen) atoms. The molecule has 0 aromatic carbocycles. The maximum absolute atomic E-state index is 10.3. The van der Waals surface area contributed by atoms with Gasteiger partial charge >= 0.3 is 5.97 Å². The standard InChI is InChI=1S/C10H19O8P/c11-6-10(19(14)15,7-16-5-9(12)13)18-4-8-2-1-3-17-8/h8,11,14-15H,1-7H2,(H,12,13). The molecule has 1 aliphatic heterocycles. The number of carboxylic acid groups (broad SMARTS) is 1. The topological polar surface area (TPSA) is 126 Å². The second-order valence-electron chi connectivity index (χ2n) is 4.23. The average molecular weight is 298 g/mol. The SMILES string of the molecule is O=C(O)COCC(CO)(OCC1CCCO1)P(O)O. The number of hydrogen-bond donors (Lipinski definition) is 4. The summed E-state index contributed by atoms with van der Waals surface area (Å²) in [5, 5.41) is 16.0. The first-order valence-electron chi connectivity index (χ1n) is 5.84. The fourth-order valence-electron chi connectivity index (χ4n) is 1.63. The van der Waals surface area contributed by atoms with Crippen molar-refractivity contribution in [2.45, 2.75) is 24.3 Å². The molecule has 0 spiro atoms. The Kier molecular flexibility index (Phi) is 7.09. The monoisotopic (exact) mass is 298 g/mol. The van der Waals surface area contributed by atoms with Gasteiger partial charge < -0.3 is 34.2 Å². The van der Waals surface area contributed by atoms with Crippen molar-refractivity contribution < 1.29 is 39.0 Å². The molecule has 9 heteroatoms. The molecule has 4 N–H and O–H groups in total. The van der Waals surface area contributed by atoms with E-state index in [0.29, 0.717) is 6.61 Å². The molecule has 1 heterocycles. The lowest BCUT2D eigenvalue weighted by Gasteiger charge is -2.32. The molecule has 1 rings (SSSR count). The van der Waals surface area contributed by atoms with Crippen molar-refractivity contribution in [3.05, 3.63) is 0 Å². The van der Waals surface area contributed by atoms with Crippen LogP contribution in [0.15, 0.2) is 0 Å². The van der Waals surface area contributed by atoms with Gasteiger partial charge in [-0.15, -0.1) is 0 Å². The molecular weight excluding hydrogens is 279 g/mol. The molecule has 8 nitrogen and oxygen atoms in total. The number of aliphatic hydroxyl groups is 1. The Morgan fingerprint density at radius 1 is 1.47 bits per heavy atom. The Morgan fingerprint density at radius 2 is 2.21 bits per heavy atom. The summed E-state index contributed by atoms with van der Waals surface area (Å²) in [5.74, 6) is -1.19. The quantitative estimate of drug-likeness (QED) is 0.410. The Bertz CT molecular complexity index is 281. The Morgan fingerprint density at radius 3 is 2.68 bits per heavy atom. The minimum Gasteiger partial charge on any atom is -0.480 e. The molecule has 0 aromatic heterocycles. The van der Waals surface area contributed by atoms with Crippen molar-refractivity contribution in [1.29, 1.82) is 0 Å². The number of ether oxygens (including phenoxy) is 3. The van der Waals surface area contributed by atoms with Gasteiger partial charge in [-0.25, -0.2) is 4.79 Å². The van der Waals surface area contributed by atoms with E-state index in [1.54, 1.807) is 0 Å². The summed E-state index contributed by atoms with van der Waals surface area (Å²) in [6.45, 7) is -0.979. The Balaban J connectivity index is 2.49. The highest BCUT2D eigenvalue weighted by Gasteiger charge is 2.40. The average Bonchev–Trinajstić information content (AvgIpc) is 2.86. The first kappa shape index (κ1) is 16.7. The summed E-state index contributed by atoms with van der Waals surface area (Å²) in [6, 6.07) is 0. The zero-order valence-electron chi connectivity index (χ0n) is 10.4. The van der Waals surface area contributed by atoms with E-state index in [2.05, 4.69) is 0 Å². The maximum Gasteiger partial charge on any atom is 0.329 e. The van der Waals surface area contributed by atoms with E-state index < -0.39 is 39.5 Å². The van der Waals surface area contributed by atoms with Crippen LogP contribution in [0.2, 0.25) is 0 Å². The normalized spacial score (nSPS) is 22.6. The lowest BCUT2D eigenvalue weighted by molar-refractivity contribution is -0.147. The van der Waals surface area contributed by atoms with Crippen molar-refractivity contribution in [1.82, 2.24) is 0 Å². The Labute approximate surface area is 111 Å². The van der Waals surface area contributed by atoms with Crippen LogP contribution in [0.25, 0.3) is 0 Å². The van der Waals surface area contributed by atoms with Gasteiger partial charge in [0.15, 0.2) is 5.34 Å². The van der Waals surface area contributed by atoms with Crippen LogP contribution in [-0.2, 0) is 19.0 Å². The van der Waals surface area contributed by atoms with E-state index >= 15 is 0 Å². The first-order chi connectivity index (χ1) is 9.00. The van der Waals surface area contributed by atoms with Gasteiger partial charge in [0, 0.05) is 6.61 Å². The minimum atomic E-state index is -2.65. The number of aliphatic hydroxyl groups excluding tert-OH is 1. The first-order valence-corrected chi connectivity index (χ1v) is 7.09. The van der Waals surface area contributed by atoms with Crippen LogP contribution in [0.3, 0.4) is 0 Å². The van der Waals surface area contributed by atoms with E-state index in [4.69, 9.17) is 19.3 Å². The smallest absolute Gasteiger partial charge is 0.329 e. The van der Waals surface area contributed by atoms with Crippen molar-refractivity contribution >= 4 is 14.3 Å². The lowest BCUT2D eigenvalue weighted by Crippen LogP contribution is -2.42. The largest absolute Gasteiger partial charge is 0.480 e. The zero-order chi connectivity index (χ0) is 14.3. The summed E-state index contributed by atoms with van der Waals surface area (Å²) in [6.07, 6.45) is 1.55. The molecule has 0 amide bonds. The number of aliphatic carboxylic acids is 1. The van der Waals surface area contributed by atoms with Gasteiger partial charge in [-0.2, -0.15) is 0 Å². The summed E-state index contributed by atoms with van der Waals surface area (Å²) in [7, 11) is -2.65. The van der Waals surface area contributed by atoms with Crippen molar-refractivity contribution in [3.63, 3.8) is 0 Å². The summed E-state index contributed by atoms with van der Waals surface area (Å²) in [5.41, 5.74) is 0. The minimum absolute atomic E-state index is 0.0942. The van der Waals surface area contributed by atoms with Crippen LogP contribution in [0.5, 0.6) is 0 Å². The van der Waals surface area contributed by atoms with Gasteiger partial charge in [0.1, 0.15) is 6.61 Å². The highest BCUT2D eigenvalue weighted by atomic mass is 31.2.